The Bertz CT molecular complexity index is 899. The number of amides is 1. The lowest BCUT2D eigenvalue weighted by molar-refractivity contribution is 0.0934. The Morgan fingerprint density at radius 3 is 2.60 bits per heavy atom. The van der Waals surface area contributed by atoms with Gasteiger partial charge in [-0.05, 0) is 61.5 Å². The third-order valence-corrected chi connectivity index (χ3v) is 6.57. The van der Waals surface area contributed by atoms with Crippen molar-refractivity contribution in [2.45, 2.75) is 22.3 Å². The zero-order valence-electron chi connectivity index (χ0n) is 13.5. The molecule has 0 saturated carbocycles. The molecule has 0 unspecified atom stereocenters. The minimum Gasteiger partial charge on any atom is -0.345 e. The fraction of sp³-hybridized carbons (Fsp3) is 0.235. The summed E-state index contributed by atoms with van der Waals surface area (Å²) in [7, 11) is -2.21. The summed E-state index contributed by atoms with van der Waals surface area (Å²) in [5.74, 6) is 0.186. The van der Waals surface area contributed by atoms with Crippen molar-refractivity contribution in [1.82, 2.24) is 10.0 Å². The van der Waals surface area contributed by atoms with Crippen LogP contribution in [-0.2, 0) is 10.0 Å². The van der Waals surface area contributed by atoms with Crippen LogP contribution in [0.25, 0.3) is 0 Å². The van der Waals surface area contributed by atoms with Crippen molar-refractivity contribution in [2.75, 3.05) is 12.8 Å². The van der Waals surface area contributed by atoms with Crippen molar-refractivity contribution < 1.29 is 17.6 Å². The van der Waals surface area contributed by atoms with Crippen molar-refractivity contribution >= 4 is 27.7 Å². The van der Waals surface area contributed by atoms with Gasteiger partial charge in [-0.15, -0.1) is 11.8 Å². The van der Waals surface area contributed by atoms with Crippen LogP contribution in [0, 0.1) is 5.82 Å². The normalized spacial score (nSPS) is 17.0. The predicted molar refractivity (Wildman–Crippen MR) is 94.6 cm³/mol. The van der Waals surface area contributed by atoms with Crippen LogP contribution in [0.5, 0.6) is 0 Å². The largest absolute Gasteiger partial charge is 0.345 e. The van der Waals surface area contributed by atoms with Crippen LogP contribution in [-0.4, -0.2) is 27.1 Å². The van der Waals surface area contributed by atoms with E-state index in [4.69, 9.17) is 0 Å². The van der Waals surface area contributed by atoms with Gasteiger partial charge >= 0.3 is 0 Å². The number of benzene rings is 2. The number of carbonyl (C=O) groups is 1. The highest BCUT2D eigenvalue weighted by Crippen LogP contribution is 2.36. The van der Waals surface area contributed by atoms with Crippen LogP contribution in [0.3, 0.4) is 0 Å². The van der Waals surface area contributed by atoms with Gasteiger partial charge in [-0.2, -0.15) is 0 Å². The van der Waals surface area contributed by atoms with E-state index in [1.54, 1.807) is 17.8 Å². The second-order valence-corrected chi connectivity index (χ2v) is 8.60. The second-order valence-electron chi connectivity index (χ2n) is 5.58. The molecule has 0 radical (unpaired) electrons. The first-order valence-electron chi connectivity index (χ1n) is 7.67. The van der Waals surface area contributed by atoms with Gasteiger partial charge in [0.25, 0.3) is 5.91 Å². The Labute approximate surface area is 150 Å². The molecule has 1 atom stereocenters. The van der Waals surface area contributed by atoms with Gasteiger partial charge in [-0.25, -0.2) is 17.5 Å². The number of nitrogens with one attached hydrogen (secondary N) is 2. The molecule has 5 nitrogen and oxygen atoms in total. The monoisotopic (exact) mass is 380 g/mol. The number of hydrogen-bond acceptors (Lipinski definition) is 4. The number of carbonyl (C=O) groups excluding carboxylic acids is 1. The molecule has 1 aliphatic rings. The molecule has 1 amide bonds. The van der Waals surface area contributed by atoms with E-state index in [-0.39, 0.29) is 22.7 Å². The third kappa shape index (κ3) is 3.86. The molecular weight excluding hydrogens is 363 g/mol. The zero-order chi connectivity index (χ0) is 18.0. The zero-order valence-corrected chi connectivity index (χ0v) is 15.1. The maximum absolute atomic E-state index is 13.5. The topological polar surface area (TPSA) is 75.3 Å². The fourth-order valence-corrected chi connectivity index (χ4v) is 4.50. The number of sulfonamides is 1. The first kappa shape index (κ1) is 17.9. The molecule has 0 aromatic heterocycles. The number of hydrogen-bond donors (Lipinski definition) is 2. The summed E-state index contributed by atoms with van der Waals surface area (Å²) in [6.07, 6.45) is 0.707. The van der Waals surface area contributed by atoms with E-state index in [0.29, 0.717) is 12.0 Å². The van der Waals surface area contributed by atoms with Gasteiger partial charge in [0.2, 0.25) is 10.0 Å². The van der Waals surface area contributed by atoms with E-state index in [0.717, 1.165) is 16.2 Å². The quantitative estimate of drug-likeness (QED) is 0.855. The lowest BCUT2D eigenvalue weighted by atomic mass is 10.0. The van der Waals surface area contributed by atoms with Crippen molar-refractivity contribution in [1.29, 1.82) is 0 Å². The predicted octanol–water partition coefficient (Wildman–Crippen LogP) is 2.70. The van der Waals surface area contributed by atoms with Gasteiger partial charge in [0.1, 0.15) is 5.82 Å². The minimum atomic E-state index is -3.54. The molecule has 3 rings (SSSR count). The van der Waals surface area contributed by atoms with Gasteiger partial charge in [0, 0.05) is 16.2 Å². The summed E-state index contributed by atoms with van der Waals surface area (Å²) in [6.45, 7) is 0. The highest BCUT2D eigenvalue weighted by atomic mass is 32.2. The average molecular weight is 380 g/mol. The fourth-order valence-electron chi connectivity index (χ4n) is 2.66. The van der Waals surface area contributed by atoms with Crippen molar-refractivity contribution in [2.24, 2.45) is 0 Å². The molecule has 0 bridgehead atoms. The molecule has 8 heteroatoms. The number of thioether (sulfide) groups is 1. The van der Waals surface area contributed by atoms with Gasteiger partial charge < -0.3 is 5.32 Å². The van der Waals surface area contributed by atoms with Crippen LogP contribution in [0.2, 0.25) is 0 Å². The molecule has 2 aromatic carbocycles. The van der Waals surface area contributed by atoms with E-state index in [9.17, 15) is 17.6 Å². The standard InChI is InChI=1S/C17H17FN2O3S2/c1-19-25(22,23)13-5-2-11(3-6-13)17(21)20-15-8-9-24-16-7-4-12(18)10-14(15)16/h2-7,10,15,19H,8-9H2,1H3,(H,20,21)/t15-/m1/s1. The van der Waals surface area contributed by atoms with E-state index >= 15 is 0 Å². The molecule has 0 aliphatic carbocycles. The molecule has 1 heterocycles. The SMILES string of the molecule is CNS(=O)(=O)c1ccc(C(=O)N[C@@H]2CCSc3ccc(F)cc32)cc1. The molecular formula is C17H17FN2O3S2. The maximum Gasteiger partial charge on any atom is 0.251 e. The Balaban J connectivity index is 1.79. The van der Waals surface area contributed by atoms with Crippen LogP contribution >= 0.6 is 11.8 Å². The van der Waals surface area contributed by atoms with Gasteiger partial charge in [0.05, 0.1) is 10.9 Å². The van der Waals surface area contributed by atoms with Crippen molar-refractivity contribution in [3.63, 3.8) is 0 Å². The first-order valence-corrected chi connectivity index (χ1v) is 10.1. The lowest BCUT2D eigenvalue weighted by Crippen LogP contribution is -2.30. The average Bonchev–Trinajstić information content (AvgIpc) is 2.62. The number of rotatable bonds is 4. The maximum atomic E-state index is 13.5. The molecule has 25 heavy (non-hydrogen) atoms. The third-order valence-electron chi connectivity index (χ3n) is 4.01. The summed E-state index contributed by atoms with van der Waals surface area (Å²) in [6, 6.07) is 10.0. The summed E-state index contributed by atoms with van der Waals surface area (Å²) in [5, 5.41) is 2.91. The van der Waals surface area contributed by atoms with Crippen LogP contribution in [0.15, 0.2) is 52.3 Å². The summed E-state index contributed by atoms with van der Waals surface area (Å²) < 4.78 is 39.2. The van der Waals surface area contributed by atoms with Crippen LogP contribution in [0.1, 0.15) is 28.4 Å². The van der Waals surface area contributed by atoms with Crippen LogP contribution in [0.4, 0.5) is 4.39 Å². The highest BCUT2D eigenvalue weighted by molar-refractivity contribution is 7.99. The molecule has 0 spiro atoms. The van der Waals surface area contributed by atoms with E-state index < -0.39 is 10.0 Å². The molecule has 1 aliphatic heterocycles. The molecule has 0 saturated heterocycles. The van der Waals surface area contributed by atoms with Crippen LogP contribution < -0.4 is 10.0 Å². The van der Waals surface area contributed by atoms with Gasteiger partial charge in [0.15, 0.2) is 0 Å². The number of fused-ring (bicyclic) bond motifs is 1. The van der Waals surface area contributed by atoms with Crippen molar-refractivity contribution in [3.8, 4) is 0 Å². The van der Waals surface area contributed by atoms with Crippen molar-refractivity contribution in [3.05, 3.63) is 59.4 Å². The number of halogens is 1. The van der Waals surface area contributed by atoms with E-state index in [2.05, 4.69) is 10.0 Å². The Morgan fingerprint density at radius 2 is 1.92 bits per heavy atom. The first-order chi connectivity index (χ1) is 11.9. The second kappa shape index (κ2) is 7.15. The molecule has 0 fully saturated rings. The summed E-state index contributed by atoms with van der Waals surface area (Å²) in [4.78, 5) is 13.5. The molecule has 132 valence electrons. The van der Waals surface area contributed by atoms with E-state index in [1.165, 1.54) is 43.4 Å². The molecule has 2 N–H and O–H groups in total. The van der Waals surface area contributed by atoms with E-state index in [1.807, 2.05) is 0 Å². The summed E-state index contributed by atoms with van der Waals surface area (Å²) >= 11 is 1.64. The Hall–Kier alpha value is -1.90. The minimum absolute atomic E-state index is 0.0908. The highest BCUT2D eigenvalue weighted by Gasteiger charge is 2.23. The van der Waals surface area contributed by atoms with Gasteiger partial charge in [-0.1, -0.05) is 0 Å². The van der Waals surface area contributed by atoms with Gasteiger partial charge in [-0.3, -0.25) is 4.79 Å². The molecule has 2 aromatic rings. The smallest absolute Gasteiger partial charge is 0.251 e. The Morgan fingerprint density at radius 1 is 1.20 bits per heavy atom. The Kier molecular flexibility index (Phi) is 5.12. The lowest BCUT2D eigenvalue weighted by Gasteiger charge is -2.26. The summed E-state index contributed by atoms with van der Waals surface area (Å²) in [5.41, 5.74) is 1.13.